The lowest BCUT2D eigenvalue weighted by atomic mass is 9.73. The standard InChI is InChI=1S/C23H21F9N2O2/c1-2-15-9-16(17-8-12(21(24,25)26)3-4-19(17)34(15)20(35)36)18(10-33)11-5-13(22(27,28)29)7-14(6-11)23(30,31)32/h3-8,15-16,18H,2,9-10,33H2,1H3,(H,35,36). The summed E-state index contributed by atoms with van der Waals surface area (Å²) in [5.41, 5.74) is 0.762. The Balaban J connectivity index is 2.27. The molecule has 0 bridgehead atoms. The van der Waals surface area contributed by atoms with Gasteiger partial charge in [-0.05, 0) is 72.8 Å². The first-order valence-electron chi connectivity index (χ1n) is 10.7. The summed E-state index contributed by atoms with van der Waals surface area (Å²) in [4.78, 5) is 12.8. The monoisotopic (exact) mass is 528 g/mol. The van der Waals surface area contributed by atoms with Crippen LogP contribution >= 0.6 is 0 Å². The van der Waals surface area contributed by atoms with Gasteiger partial charge in [0.25, 0.3) is 0 Å². The number of amides is 1. The largest absolute Gasteiger partial charge is 0.465 e. The fraction of sp³-hybridized carbons (Fsp3) is 0.435. The molecule has 1 aliphatic heterocycles. The molecule has 0 radical (unpaired) electrons. The number of halogens is 9. The first kappa shape index (κ1) is 27.6. The van der Waals surface area contributed by atoms with Crippen molar-refractivity contribution in [2.45, 2.75) is 56.2 Å². The van der Waals surface area contributed by atoms with Crippen LogP contribution < -0.4 is 10.6 Å². The molecule has 1 aliphatic rings. The van der Waals surface area contributed by atoms with Gasteiger partial charge in [-0.3, -0.25) is 4.90 Å². The van der Waals surface area contributed by atoms with Crippen LogP contribution in [0.2, 0.25) is 0 Å². The molecule has 0 aliphatic carbocycles. The molecular weight excluding hydrogens is 507 g/mol. The fourth-order valence-corrected chi connectivity index (χ4v) is 4.68. The summed E-state index contributed by atoms with van der Waals surface area (Å²) in [6.07, 6.45) is -16.5. The smallest absolute Gasteiger partial charge is 0.416 e. The van der Waals surface area contributed by atoms with Crippen molar-refractivity contribution in [2.75, 3.05) is 11.4 Å². The lowest BCUT2D eigenvalue weighted by Crippen LogP contribution is -2.45. The number of hydrogen-bond acceptors (Lipinski definition) is 2. The maximum absolute atomic E-state index is 13.5. The molecule has 1 amide bonds. The van der Waals surface area contributed by atoms with E-state index in [4.69, 9.17) is 5.73 Å². The highest BCUT2D eigenvalue weighted by atomic mass is 19.4. The van der Waals surface area contributed by atoms with Crippen LogP contribution in [-0.4, -0.2) is 23.8 Å². The van der Waals surface area contributed by atoms with Crippen LogP contribution in [0.15, 0.2) is 36.4 Å². The van der Waals surface area contributed by atoms with E-state index in [9.17, 15) is 49.4 Å². The Morgan fingerprint density at radius 3 is 1.89 bits per heavy atom. The van der Waals surface area contributed by atoms with Crippen LogP contribution in [0.25, 0.3) is 0 Å². The minimum absolute atomic E-state index is 0.0470. The number of carboxylic acid groups (broad SMARTS) is 1. The molecule has 3 atom stereocenters. The Morgan fingerprint density at radius 2 is 1.47 bits per heavy atom. The predicted octanol–water partition coefficient (Wildman–Crippen LogP) is 7.24. The summed E-state index contributed by atoms with van der Waals surface area (Å²) < 4.78 is 121. The maximum Gasteiger partial charge on any atom is 0.416 e. The van der Waals surface area contributed by atoms with Gasteiger partial charge in [-0.25, -0.2) is 4.79 Å². The van der Waals surface area contributed by atoms with E-state index in [2.05, 4.69) is 0 Å². The molecule has 0 spiro atoms. The number of anilines is 1. The first-order valence-corrected chi connectivity index (χ1v) is 10.7. The third-order valence-corrected chi connectivity index (χ3v) is 6.36. The molecule has 2 aromatic rings. The topological polar surface area (TPSA) is 66.6 Å². The van der Waals surface area contributed by atoms with Crippen LogP contribution in [0.5, 0.6) is 0 Å². The van der Waals surface area contributed by atoms with Crippen molar-refractivity contribution < 1.29 is 49.4 Å². The molecule has 3 rings (SSSR count). The summed E-state index contributed by atoms with van der Waals surface area (Å²) in [5, 5.41) is 9.70. The van der Waals surface area contributed by atoms with Gasteiger partial charge in [0, 0.05) is 12.0 Å². The second-order valence-corrected chi connectivity index (χ2v) is 8.51. The summed E-state index contributed by atoms with van der Waals surface area (Å²) in [6.45, 7) is 1.11. The van der Waals surface area contributed by atoms with Crippen molar-refractivity contribution in [3.8, 4) is 0 Å². The molecule has 0 fully saturated rings. The zero-order valence-corrected chi connectivity index (χ0v) is 18.6. The number of alkyl halides is 9. The van der Waals surface area contributed by atoms with Gasteiger partial charge in [0.05, 0.1) is 22.4 Å². The van der Waals surface area contributed by atoms with Crippen molar-refractivity contribution in [1.82, 2.24) is 0 Å². The van der Waals surface area contributed by atoms with Crippen molar-refractivity contribution in [2.24, 2.45) is 5.73 Å². The Bertz CT molecular complexity index is 1090. The van der Waals surface area contributed by atoms with Crippen molar-refractivity contribution >= 4 is 11.8 Å². The molecular formula is C23H21F9N2O2. The molecule has 4 nitrogen and oxygen atoms in total. The third-order valence-electron chi connectivity index (χ3n) is 6.36. The van der Waals surface area contributed by atoms with Gasteiger partial charge in [-0.1, -0.05) is 6.92 Å². The molecule has 2 aromatic carbocycles. The summed E-state index contributed by atoms with van der Waals surface area (Å²) in [7, 11) is 0. The number of fused-ring (bicyclic) bond motifs is 1. The van der Waals surface area contributed by atoms with Crippen LogP contribution in [0, 0.1) is 0 Å². The molecule has 1 heterocycles. The van der Waals surface area contributed by atoms with Gasteiger partial charge >= 0.3 is 24.6 Å². The Hall–Kier alpha value is -2.96. The number of rotatable bonds is 4. The summed E-state index contributed by atoms with van der Waals surface area (Å²) in [6, 6.07) is 2.47. The van der Waals surface area contributed by atoms with Crippen LogP contribution in [0.3, 0.4) is 0 Å². The van der Waals surface area contributed by atoms with Gasteiger partial charge in [0.15, 0.2) is 0 Å². The quantitative estimate of drug-likeness (QED) is 0.412. The number of carbonyl (C=O) groups is 1. The van der Waals surface area contributed by atoms with Gasteiger partial charge in [0.1, 0.15) is 0 Å². The lowest BCUT2D eigenvalue weighted by Gasteiger charge is -2.42. The number of nitrogens with two attached hydrogens (primary N) is 1. The second-order valence-electron chi connectivity index (χ2n) is 8.51. The molecule has 3 unspecified atom stereocenters. The predicted molar refractivity (Wildman–Crippen MR) is 112 cm³/mol. The minimum atomic E-state index is -5.13. The Labute approximate surface area is 199 Å². The van der Waals surface area contributed by atoms with Crippen molar-refractivity contribution in [1.29, 1.82) is 0 Å². The van der Waals surface area contributed by atoms with E-state index in [0.717, 1.165) is 11.0 Å². The molecule has 198 valence electrons. The zero-order chi connectivity index (χ0) is 27.2. The van der Waals surface area contributed by atoms with Gasteiger partial charge in [0.2, 0.25) is 0 Å². The average molecular weight is 528 g/mol. The van der Waals surface area contributed by atoms with E-state index in [1.807, 2.05) is 0 Å². The lowest BCUT2D eigenvalue weighted by molar-refractivity contribution is -0.143. The number of hydrogen-bond donors (Lipinski definition) is 2. The summed E-state index contributed by atoms with van der Waals surface area (Å²) in [5.74, 6) is -2.35. The van der Waals surface area contributed by atoms with E-state index in [1.165, 1.54) is 0 Å². The molecule has 0 aromatic heterocycles. The average Bonchev–Trinajstić information content (AvgIpc) is 2.76. The molecule has 0 saturated heterocycles. The number of benzene rings is 2. The SMILES string of the molecule is CCC1CC(C(CN)c2cc(C(F)(F)F)cc(C(F)(F)F)c2)c2cc(C(F)(F)F)ccc2N1C(=O)O. The zero-order valence-electron chi connectivity index (χ0n) is 18.6. The van der Waals surface area contributed by atoms with Crippen LogP contribution in [0.1, 0.15) is 59.4 Å². The van der Waals surface area contributed by atoms with Crippen LogP contribution in [0.4, 0.5) is 50.0 Å². The normalized spacial score (nSPS) is 19.7. The summed E-state index contributed by atoms with van der Waals surface area (Å²) >= 11 is 0. The van der Waals surface area contributed by atoms with Gasteiger partial charge in [-0.15, -0.1) is 0 Å². The first-order chi connectivity index (χ1) is 16.5. The van der Waals surface area contributed by atoms with Crippen molar-refractivity contribution in [3.05, 3.63) is 64.2 Å². The van der Waals surface area contributed by atoms with Gasteiger partial charge < -0.3 is 10.8 Å². The fourth-order valence-electron chi connectivity index (χ4n) is 4.68. The second kappa shape index (κ2) is 9.49. The highest BCUT2D eigenvalue weighted by Crippen LogP contribution is 2.49. The third kappa shape index (κ3) is 5.40. The molecule has 3 N–H and O–H groups in total. The minimum Gasteiger partial charge on any atom is -0.465 e. The Morgan fingerprint density at radius 1 is 0.944 bits per heavy atom. The van der Waals surface area contributed by atoms with Crippen LogP contribution in [-0.2, 0) is 18.5 Å². The van der Waals surface area contributed by atoms with E-state index in [-0.39, 0.29) is 30.2 Å². The number of nitrogens with zero attached hydrogens (tertiary/aromatic N) is 1. The molecule has 0 saturated carbocycles. The van der Waals surface area contributed by atoms with E-state index < -0.39 is 71.3 Å². The highest BCUT2D eigenvalue weighted by molar-refractivity contribution is 5.89. The highest BCUT2D eigenvalue weighted by Gasteiger charge is 2.43. The maximum atomic E-state index is 13.5. The van der Waals surface area contributed by atoms with Crippen molar-refractivity contribution in [3.63, 3.8) is 0 Å². The van der Waals surface area contributed by atoms with E-state index in [1.54, 1.807) is 6.92 Å². The Kier molecular flexibility index (Phi) is 7.28. The molecule has 13 heteroatoms. The molecule has 36 heavy (non-hydrogen) atoms. The van der Waals surface area contributed by atoms with E-state index in [0.29, 0.717) is 24.3 Å². The van der Waals surface area contributed by atoms with Gasteiger partial charge in [-0.2, -0.15) is 39.5 Å². The van der Waals surface area contributed by atoms with E-state index >= 15 is 0 Å².